The summed E-state index contributed by atoms with van der Waals surface area (Å²) in [5.41, 5.74) is 2.19. The van der Waals surface area contributed by atoms with Crippen molar-refractivity contribution in [1.82, 2.24) is 4.98 Å². The molecule has 0 aliphatic heterocycles. The SMILES string of the molecule is CCOc1ccc2[nH]cc(C(=O)c3ccoc3CC)c2c1. The Morgan fingerprint density at radius 2 is 2.10 bits per heavy atom. The lowest BCUT2D eigenvalue weighted by atomic mass is 10.0. The van der Waals surface area contributed by atoms with Crippen LogP contribution < -0.4 is 4.74 Å². The average Bonchev–Trinajstić information content (AvgIpc) is 3.13. The molecule has 1 N–H and O–H groups in total. The number of rotatable bonds is 5. The van der Waals surface area contributed by atoms with Gasteiger partial charge >= 0.3 is 0 Å². The molecule has 3 rings (SSSR count). The molecule has 3 aromatic rings. The molecule has 1 aromatic carbocycles. The summed E-state index contributed by atoms with van der Waals surface area (Å²) in [6.45, 7) is 4.51. The number of fused-ring (bicyclic) bond motifs is 1. The molecule has 0 aliphatic carbocycles. The Hall–Kier alpha value is -2.49. The van der Waals surface area contributed by atoms with E-state index in [1.165, 1.54) is 0 Å². The van der Waals surface area contributed by atoms with Gasteiger partial charge in [0.1, 0.15) is 11.5 Å². The van der Waals surface area contributed by atoms with E-state index in [1.807, 2.05) is 32.0 Å². The van der Waals surface area contributed by atoms with Crippen LogP contribution in [0.5, 0.6) is 5.75 Å². The van der Waals surface area contributed by atoms with E-state index in [4.69, 9.17) is 9.15 Å². The first-order valence-corrected chi connectivity index (χ1v) is 7.09. The fraction of sp³-hybridized carbons (Fsp3) is 0.235. The van der Waals surface area contributed by atoms with Gasteiger partial charge in [0.15, 0.2) is 5.78 Å². The second-order valence-electron chi connectivity index (χ2n) is 4.78. The molecule has 21 heavy (non-hydrogen) atoms. The highest BCUT2D eigenvalue weighted by Gasteiger charge is 2.19. The van der Waals surface area contributed by atoms with Crippen molar-refractivity contribution in [3.63, 3.8) is 0 Å². The summed E-state index contributed by atoms with van der Waals surface area (Å²) >= 11 is 0. The summed E-state index contributed by atoms with van der Waals surface area (Å²) in [6.07, 6.45) is 4.00. The Bertz CT molecular complexity index is 782. The highest BCUT2D eigenvalue weighted by Crippen LogP contribution is 2.27. The lowest BCUT2D eigenvalue weighted by Gasteiger charge is -2.04. The first-order chi connectivity index (χ1) is 10.2. The number of hydrogen-bond acceptors (Lipinski definition) is 3. The van der Waals surface area contributed by atoms with Gasteiger partial charge in [-0.3, -0.25) is 4.79 Å². The largest absolute Gasteiger partial charge is 0.494 e. The number of benzene rings is 1. The van der Waals surface area contributed by atoms with Crippen LogP contribution in [0, 0.1) is 0 Å². The van der Waals surface area contributed by atoms with Gasteiger partial charge in [-0.1, -0.05) is 6.92 Å². The molecule has 4 heteroatoms. The number of carbonyl (C=O) groups is 1. The Kier molecular flexibility index (Phi) is 3.52. The van der Waals surface area contributed by atoms with Crippen molar-refractivity contribution >= 4 is 16.7 Å². The van der Waals surface area contributed by atoms with Crippen molar-refractivity contribution in [1.29, 1.82) is 0 Å². The molecule has 0 unspecified atom stereocenters. The summed E-state index contributed by atoms with van der Waals surface area (Å²) < 4.78 is 10.9. The number of nitrogens with one attached hydrogen (secondary N) is 1. The summed E-state index contributed by atoms with van der Waals surface area (Å²) in [5, 5.41) is 0.870. The van der Waals surface area contributed by atoms with E-state index >= 15 is 0 Å². The second-order valence-corrected chi connectivity index (χ2v) is 4.78. The average molecular weight is 283 g/mol. The van der Waals surface area contributed by atoms with Gasteiger partial charge in [-0.25, -0.2) is 0 Å². The van der Waals surface area contributed by atoms with Crippen LogP contribution in [0.1, 0.15) is 35.5 Å². The molecule has 0 saturated heterocycles. The summed E-state index contributed by atoms with van der Waals surface area (Å²) in [4.78, 5) is 15.8. The molecule has 0 amide bonds. The third kappa shape index (κ3) is 2.33. The summed E-state index contributed by atoms with van der Waals surface area (Å²) in [7, 11) is 0. The van der Waals surface area contributed by atoms with Crippen molar-refractivity contribution < 1.29 is 13.9 Å². The molecule has 108 valence electrons. The quantitative estimate of drug-likeness (QED) is 0.721. The molecule has 0 aliphatic rings. The molecular weight excluding hydrogens is 266 g/mol. The first-order valence-electron chi connectivity index (χ1n) is 7.09. The molecule has 0 radical (unpaired) electrons. The zero-order chi connectivity index (χ0) is 14.8. The monoisotopic (exact) mass is 283 g/mol. The topological polar surface area (TPSA) is 55.2 Å². The lowest BCUT2D eigenvalue weighted by Crippen LogP contribution is -2.02. The van der Waals surface area contributed by atoms with Gasteiger partial charge in [-0.05, 0) is 31.2 Å². The number of aryl methyl sites for hydroxylation is 1. The summed E-state index contributed by atoms with van der Waals surface area (Å²) in [6, 6.07) is 7.44. The van der Waals surface area contributed by atoms with Crippen molar-refractivity contribution in [3.05, 3.63) is 53.6 Å². The van der Waals surface area contributed by atoms with E-state index in [9.17, 15) is 4.79 Å². The van der Waals surface area contributed by atoms with Crippen LogP contribution in [0.3, 0.4) is 0 Å². The predicted molar refractivity (Wildman–Crippen MR) is 81.0 cm³/mol. The zero-order valence-electron chi connectivity index (χ0n) is 12.1. The van der Waals surface area contributed by atoms with E-state index in [1.54, 1.807) is 18.5 Å². The van der Waals surface area contributed by atoms with Gasteiger partial charge in [-0.15, -0.1) is 0 Å². The van der Waals surface area contributed by atoms with Crippen LogP contribution in [0.2, 0.25) is 0 Å². The molecule has 2 aromatic heterocycles. The maximum absolute atomic E-state index is 12.7. The third-order valence-electron chi connectivity index (χ3n) is 3.52. The Balaban J connectivity index is 2.07. The van der Waals surface area contributed by atoms with Crippen molar-refractivity contribution in [2.45, 2.75) is 20.3 Å². The van der Waals surface area contributed by atoms with Crippen LogP contribution in [-0.4, -0.2) is 17.4 Å². The van der Waals surface area contributed by atoms with Crippen LogP contribution in [0.25, 0.3) is 10.9 Å². The van der Waals surface area contributed by atoms with E-state index < -0.39 is 0 Å². The van der Waals surface area contributed by atoms with Gasteiger partial charge in [0.2, 0.25) is 0 Å². The molecule has 2 heterocycles. The molecule has 0 spiro atoms. The molecule has 4 nitrogen and oxygen atoms in total. The van der Waals surface area contributed by atoms with Gasteiger partial charge in [-0.2, -0.15) is 0 Å². The Labute approximate surface area is 122 Å². The first kappa shape index (κ1) is 13.5. The molecule has 0 bridgehead atoms. The molecule has 0 atom stereocenters. The van der Waals surface area contributed by atoms with Gasteiger partial charge in [0.05, 0.1) is 18.4 Å². The Morgan fingerprint density at radius 1 is 1.24 bits per heavy atom. The standard InChI is InChI=1S/C17H17NO3/c1-3-16-12(7-8-21-16)17(19)14-10-18-15-6-5-11(20-4-2)9-13(14)15/h5-10,18H,3-4H2,1-2H3. The normalized spacial score (nSPS) is 11.0. The van der Waals surface area contributed by atoms with Gasteiger partial charge in [0, 0.05) is 29.1 Å². The van der Waals surface area contributed by atoms with E-state index in [0.29, 0.717) is 24.2 Å². The van der Waals surface area contributed by atoms with Crippen molar-refractivity contribution in [3.8, 4) is 5.75 Å². The number of carbonyl (C=O) groups excluding carboxylic acids is 1. The van der Waals surface area contributed by atoms with E-state index in [2.05, 4.69) is 4.98 Å². The number of aromatic amines is 1. The third-order valence-corrected chi connectivity index (χ3v) is 3.52. The lowest BCUT2D eigenvalue weighted by molar-refractivity contribution is 0.103. The van der Waals surface area contributed by atoms with Crippen molar-refractivity contribution in [2.75, 3.05) is 6.61 Å². The Morgan fingerprint density at radius 3 is 2.86 bits per heavy atom. The van der Waals surface area contributed by atoms with Crippen molar-refractivity contribution in [2.24, 2.45) is 0 Å². The number of hydrogen-bond donors (Lipinski definition) is 1. The maximum atomic E-state index is 12.7. The summed E-state index contributed by atoms with van der Waals surface area (Å²) in [5.74, 6) is 1.46. The predicted octanol–water partition coefficient (Wildman–Crippen LogP) is 3.95. The minimum atomic E-state index is -0.0273. The number of H-pyrrole nitrogens is 1. The second kappa shape index (κ2) is 5.48. The van der Waals surface area contributed by atoms with E-state index in [-0.39, 0.29) is 5.78 Å². The molecule has 0 saturated carbocycles. The van der Waals surface area contributed by atoms with Crippen LogP contribution in [0.15, 0.2) is 41.1 Å². The number of aromatic nitrogens is 1. The maximum Gasteiger partial charge on any atom is 0.198 e. The fourth-order valence-corrected chi connectivity index (χ4v) is 2.51. The van der Waals surface area contributed by atoms with E-state index in [0.717, 1.165) is 22.4 Å². The van der Waals surface area contributed by atoms with Crippen LogP contribution in [0.4, 0.5) is 0 Å². The fourth-order valence-electron chi connectivity index (χ4n) is 2.51. The highest BCUT2D eigenvalue weighted by atomic mass is 16.5. The van der Waals surface area contributed by atoms with Gasteiger partial charge < -0.3 is 14.1 Å². The number of furan rings is 1. The minimum absolute atomic E-state index is 0.0273. The number of ether oxygens (including phenoxy) is 1. The molecule has 0 fully saturated rings. The highest BCUT2D eigenvalue weighted by molar-refractivity contribution is 6.16. The molecular formula is C17H17NO3. The van der Waals surface area contributed by atoms with Gasteiger partial charge in [0.25, 0.3) is 0 Å². The van der Waals surface area contributed by atoms with Crippen LogP contribution >= 0.6 is 0 Å². The van der Waals surface area contributed by atoms with Crippen LogP contribution in [-0.2, 0) is 6.42 Å². The minimum Gasteiger partial charge on any atom is -0.494 e. The zero-order valence-corrected chi connectivity index (χ0v) is 12.1. The number of ketones is 1. The smallest absolute Gasteiger partial charge is 0.198 e.